The minimum atomic E-state index is -0.870. The van der Waals surface area contributed by atoms with E-state index in [4.69, 9.17) is 33.2 Å². The molecule has 5 aromatic rings. The number of benzene rings is 5. The summed E-state index contributed by atoms with van der Waals surface area (Å²) in [5.41, 5.74) is 1.11. The largest absolute Gasteiger partial charge is 0.494 e. The summed E-state index contributed by atoms with van der Waals surface area (Å²) in [6.45, 7) is 8.98. The van der Waals surface area contributed by atoms with Gasteiger partial charge in [-0.3, -0.25) is 4.79 Å². The van der Waals surface area contributed by atoms with Gasteiger partial charge in [0.25, 0.3) is 0 Å². The SMILES string of the molecule is CCCCCCCCOc1ccc(C(=O)Oc2ccc(C(=O)Oc3ccc(OC(=O)c4ccc(O[C@H](C)CCCCCC)cc4)cc3C(=O)OCCOc3ccc(C(=O)CCCCCCCC)cc3)cc2)cc1. The van der Waals surface area contributed by atoms with Crippen LogP contribution in [0.3, 0.4) is 0 Å². The molecule has 0 aliphatic rings. The van der Waals surface area contributed by atoms with Crippen molar-refractivity contribution >= 4 is 29.7 Å². The highest BCUT2D eigenvalue weighted by Gasteiger charge is 2.22. The molecule has 0 saturated heterocycles. The molecule has 0 aromatic heterocycles. The summed E-state index contributed by atoms with van der Waals surface area (Å²) >= 11 is 0. The third kappa shape index (κ3) is 20.6. The van der Waals surface area contributed by atoms with Crippen molar-refractivity contribution in [2.24, 2.45) is 0 Å². The molecule has 390 valence electrons. The number of Topliss-reactive ketones (excluding diaryl/α,β-unsaturated/α-hetero) is 1. The van der Waals surface area contributed by atoms with Crippen LogP contribution in [0.4, 0.5) is 0 Å². The van der Waals surface area contributed by atoms with Crippen molar-refractivity contribution in [3.8, 4) is 34.5 Å². The Hall–Kier alpha value is -6.95. The van der Waals surface area contributed by atoms with Gasteiger partial charge in [0.1, 0.15) is 53.3 Å². The van der Waals surface area contributed by atoms with Crippen LogP contribution in [0.5, 0.6) is 34.5 Å². The number of esters is 4. The second-order valence-electron chi connectivity index (χ2n) is 18.2. The predicted molar refractivity (Wildman–Crippen MR) is 283 cm³/mol. The molecule has 0 aliphatic carbocycles. The smallest absolute Gasteiger partial charge is 0.343 e. The van der Waals surface area contributed by atoms with Gasteiger partial charge in [-0.05, 0) is 148 Å². The average Bonchev–Trinajstić information content (AvgIpc) is 3.40. The predicted octanol–water partition coefficient (Wildman–Crippen LogP) is 15.0. The summed E-state index contributed by atoms with van der Waals surface area (Å²) in [7, 11) is 0. The molecule has 0 unspecified atom stereocenters. The summed E-state index contributed by atoms with van der Waals surface area (Å²) in [5.74, 6) is -1.03. The number of carbonyl (C=O) groups excluding carboxylic acids is 5. The quantitative estimate of drug-likeness (QED) is 0.0167. The zero-order valence-corrected chi connectivity index (χ0v) is 43.3. The van der Waals surface area contributed by atoms with Gasteiger partial charge in [0.15, 0.2) is 5.78 Å². The van der Waals surface area contributed by atoms with E-state index in [0.29, 0.717) is 41.4 Å². The van der Waals surface area contributed by atoms with E-state index in [9.17, 15) is 24.0 Å². The van der Waals surface area contributed by atoms with Crippen molar-refractivity contribution in [1.82, 2.24) is 0 Å². The number of rotatable bonds is 34. The first-order valence-corrected chi connectivity index (χ1v) is 26.4. The third-order valence-electron chi connectivity index (χ3n) is 12.2. The normalized spacial score (nSPS) is 11.3. The summed E-state index contributed by atoms with van der Waals surface area (Å²) in [5, 5.41) is 0. The van der Waals surface area contributed by atoms with Gasteiger partial charge < -0.3 is 33.2 Å². The van der Waals surface area contributed by atoms with Crippen LogP contribution in [0.25, 0.3) is 0 Å². The number of carbonyl (C=O) groups is 5. The van der Waals surface area contributed by atoms with E-state index in [1.54, 1.807) is 72.8 Å². The van der Waals surface area contributed by atoms with Crippen LogP contribution < -0.4 is 28.4 Å². The Morgan fingerprint density at radius 3 is 1.41 bits per heavy atom. The lowest BCUT2D eigenvalue weighted by Gasteiger charge is -2.15. The topological polar surface area (TPSA) is 150 Å². The highest BCUT2D eigenvalue weighted by Crippen LogP contribution is 2.28. The van der Waals surface area contributed by atoms with Crippen LogP contribution in [-0.4, -0.2) is 55.6 Å². The first-order valence-electron chi connectivity index (χ1n) is 26.4. The van der Waals surface area contributed by atoms with E-state index in [-0.39, 0.29) is 59.0 Å². The Labute approximate surface area is 432 Å². The molecule has 0 fully saturated rings. The molecule has 12 nitrogen and oxygen atoms in total. The first-order chi connectivity index (χ1) is 35.6. The lowest BCUT2D eigenvalue weighted by molar-refractivity contribution is 0.0443. The van der Waals surface area contributed by atoms with Crippen LogP contribution in [0.15, 0.2) is 115 Å². The standard InChI is InChI=1S/C61H74O12/c1-5-8-11-14-16-19-22-56(62)46-23-31-51(32-24-46)68-42-43-69-61(66)55-44-54(72-59(64)48-27-35-52(36-28-48)70-45(4)21-18-13-10-7-3)39-40-57(55)73-60(65)49-29-37-53(38-30-49)71-58(63)47-25-33-50(34-26-47)67-41-20-17-15-12-9-6-2/h23-40,44-45H,5-22,41-43H2,1-4H3/t45-/m1/s1. The van der Waals surface area contributed by atoms with E-state index >= 15 is 0 Å². The summed E-state index contributed by atoms with van der Waals surface area (Å²) < 4.78 is 40.2. The zero-order chi connectivity index (χ0) is 52.0. The molecule has 0 heterocycles. The maximum absolute atomic E-state index is 13.7. The molecule has 5 aromatic carbocycles. The average molecular weight is 999 g/mol. The van der Waals surface area contributed by atoms with Gasteiger partial charge in [-0.15, -0.1) is 0 Å². The zero-order valence-electron chi connectivity index (χ0n) is 43.3. The number of ether oxygens (including phenoxy) is 7. The lowest BCUT2D eigenvalue weighted by atomic mass is 10.0. The van der Waals surface area contributed by atoms with Crippen LogP contribution in [0, 0.1) is 0 Å². The molecule has 5 rings (SSSR count). The van der Waals surface area contributed by atoms with Gasteiger partial charge >= 0.3 is 23.9 Å². The molecule has 0 bridgehead atoms. The molecular weight excluding hydrogens is 925 g/mol. The van der Waals surface area contributed by atoms with Crippen LogP contribution in [0.1, 0.15) is 195 Å². The molecule has 0 radical (unpaired) electrons. The van der Waals surface area contributed by atoms with Gasteiger partial charge in [0.2, 0.25) is 0 Å². The fourth-order valence-corrected chi connectivity index (χ4v) is 7.87. The number of hydrogen-bond donors (Lipinski definition) is 0. The monoisotopic (exact) mass is 999 g/mol. The van der Waals surface area contributed by atoms with Crippen molar-refractivity contribution in [2.75, 3.05) is 19.8 Å². The lowest BCUT2D eigenvalue weighted by Crippen LogP contribution is -2.16. The minimum Gasteiger partial charge on any atom is -0.494 e. The van der Waals surface area contributed by atoms with Crippen molar-refractivity contribution < 1.29 is 57.1 Å². The van der Waals surface area contributed by atoms with Crippen molar-refractivity contribution in [2.45, 2.75) is 149 Å². The minimum absolute atomic E-state index is 0.00154. The van der Waals surface area contributed by atoms with E-state index in [0.717, 1.165) is 57.8 Å². The van der Waals surface area contributed by atoms with Gasteiger partial charge in [0, 0.05) is 12.0 Å². The Morgan fingerprint density at radius 2 is 0.836 bits per heavy atom. The highest BCUT2D eigenvalue weighted by atomic mass is 16.6. The Morgan fingerprint density at radius 1 is 0.397 bits per heavy atom. The Balaban J connectivity index is 1.19. The van der Waals surface area contributed by atoms with Crippen molar-refractivity contribution in [3.05, 3.63) is 143 Å². The number of unbranched alkanes of at least 4 members (excludes halogenated alkanes) is 13. The summed E-state index contributed by atoms with van der Waals surface area (Å²) in [6.07, 6.45) is 19.7. The summed E-state index contributed by atoms with van der Waals surface area (Å²) in [6, 6.07) is 30.0. The molecule has 0 N–H and O–H groups in total. The van der Waals surface area contributed by atoms with Crippen LogP contribution in [-0.2, 0) is 4.74 Å². The second-order valence-corrected chi connectivity index (χ2v) is 18.2. The van der Waals surface area contributed by atoms with Crippen LogP contribution in [0.2, 0.25) is 0 Å². The van der Waals surface area contributed by atoms with E-state index in [1.807, 2.05) is 6.92 Å². The number of ketones is 1. The molecule has 0 amide bonds. The fraction of sp³-hybridized carbons (Fsp3) is 0.426. The molecule has 0 spiro atoms. The number of hydrogen-bond acceptors (Lipinski definition) is 12. The van der Waals surface area contributed by atoms with Gasteiger partial charge in [-0.2, -0.15) is 0 Å². The van der Waals surface area contributed by atoms with Gasteiger partial charge in [0.05, 0.1) is 29.4 Å². The first kappa shape index (κ1) is 57.0. The van der Waals surface area contributed by atoms with E-state index < -0.39 is 23.9 Å². The van der Waals surface area contributed by atoms with Crippen LogP contribution >= 0.6 is 0 Å². The highest BCUT2D eigenvalue weighted by molar-refractivity contribution is 5.98. The van der Waals surface area contributed by atoms with E-state index in [2.05, 4.69) is 20.8 Å². The third-order valence-corrected chi connectivity index (χ3v) is 12.2. The van der Waals surface area contributed by atoms with Crippen molar-refractivity contribution in [1.29, 1.82) is 0 Å². The maximum Gasteiger partial charge on any atom is 0.343 e. The second kappa shape index (κ2) is 32.2. The van der Waals surface area contributed by atoms with Gasteiger partial charge in [-0.25, -0.2) is 19.2 Å². The molecule has 73 heavy (non-hydrogen) atoms. The van der Waals surface area contributed by atoms with Gasteiger partial charge in [-0.1, -0.05) is 104 Å². The van der Waals surface area contributed by atoms with E-state index in [1.165, 1.54) is 93.8 Å². The molecule has 12 heteroatoms. The Kier molecular flexibility index (Phi) is 25.1. The fourth-order valence-electron chi connectivity index (χ4n) is 7.87. The van der Waals surface area contributed by atoms with Crippen molar-refractivity contribution in [3.63, 3.8) is 0 Å². The summed E-state index contributed by atoms with van der Waals surface area (Å²) in [4.78, 5) is 66.1. The molecular formula is C61H74O12. The molecule has 0 aliphatic heterocycles. The maximum atomic E-state index is 13.7. The molecule has 0 saturated carbocycles. The molecule has 1 atom stereocenters. The Bertz CT molecular complexity index is 2440.